The average molecular weight is 553 g/mol. The Morgan fingerprint density at radius 1 is 1.10 bits per heavy atom. The van der Waals surface area contributed by atoms with Gasteiger partial charge in [0.2, 0.25) is 11.8 Å². The van der Waals surface area contributed by atoms with E-state index in [9.17, 15) is 9.18 Å². The summed E-state index contributed by atoms with van der Waals surface area (Å²) in [4.78, 5) is 25.5. The van der Waals surface area contributed by atoms with Crippen LogP contribution in [-0.4, -0.2) is 55.3 Å². The SMILES string of the molecule is Cc1nnn(C(c2ccccc2)C2CCN(c3cc(-c4nc5cc(NC(=O)[C@@H]6C[C@@H]6F)ccc5o4)ccn3)CC2)n1. The van der Waals surface area contributed by atoms with Crippen molar-refractivity contribution in [2.75, 3.05) is 23.3 Å². The van der Waals surface area contributed by atoms with Crippen molar-refractivity contribution in [3.63, 3.8) is 0 Å². The van der Waals surface area contributed by atoms with Gasteiger partial charge in [-0.05, 0) is 73.2 Å². The molecule has 1 saturated carbocycles. The molecule has 4 heterocycles. The van der Waals surface area contributed by atoms with E-state index >= 15 is 0 Å². The number of anilines is 2. The first-order valence-corrected chi connectivity index (χ1v) is 13.9. The molecule has 1 saturated heterocycles. The Balaban J connectivity index is 1.06. The summed E-state index contributed by atoms with van der Waals surface area (Å²) in [7, 11) is 0. The number of nitrogens with one attached hydrogen (secondary N) is 1. The van der Waals surface area contributed by atoms with Crippen LogP contribution in [0.5, 0.6) is 0 Å². The van der Waals surface area contributed by atoms with Crippen molar-refractivity contribution in [2.45, 2.75) is 38.4 Å². The molecule has 1 amide bonds. The van der Waals surface area contributed by atoms with E-state index in [1.54, 1.807) is 29.2 Å². The molecule has 3 atom stereocenters. The number of nitrogens with zero attached hydrogens (tertiary/aromatic N) is 7. The van der Waals surface area contributed by atoms with E-state index in [1.165, 1.54) is 5.56 Å². The van der Waals surface area contributed by atoms with E-state index in [4.69, 9.17) is 4.42 Å². The number of halogens is 1. The van der Waals surface area contributed by atoms with E-state index in [-0.39, 0.29) is 18.4 Å². The van der Waals surface area contributed by atoms with Crippen LogP contribution in [0.4, 0.5) is 15.9 Å². The maximum Gasteiger partial charge on any atom is 0.230 e. The fraction of sp³-hybridized carbons (Fsp3) is 0.333. The topological polar surface area (TPSA) is 115 Å². The fourth-order valence-corrected chi connectivity index (χ4v) is 5.63. The van der Waals surface area contributed by atoms with Gasteiger partial charge in [0.1, 0.15) is 23.5 Å². The van der Waals surface area contributed by atoms with E-state index in [0.717, 1.165) is 37.3 Å². The van der Waals surface area contributed by atoms with Crippen molar-refractivity contribution in [1.82, 2.24) is 30.2 Å². The number of rotatable bonds is 7. The van der Waals surface area contributed by atoms with Crippen molar-refractivity contribution >= 4 is 28.5 Å². The molecule has 1 aliphatic carbocycles. The minimum atomic E-state index is -1.04. The summed E-state index contributed by atoms with van der Waals surface area (Å²) in [5.74, 6) is 1.51. The van der Waals surface area contributed by atoms with Gasteiger partial charge in [-0.25, -0.2) is 14.4 Å². The second-order valence-corrected chi connectivity index (χ2v) is 10.8. The van der Waals surface area contributed by atoms with Gasteiger partial charge < -0.3 is 14.6 Å². The standard InChI is InChI=1S/C30H29FN8O2/c1-18-35-37-39(36-18)28(19-5-3-2-4-6-19)20-10-13-38(14-11-20)27-15-21(9-12-32-27)30-34-25-16-22(7-8-26(25)41-30)33-29(40)23-17-24(23)31/h2-9,12,15-16,20,23-24,28H,10-11,13-14,17H2,1H3,(H,33,40)/t23-,24+,28?/m1/s1. The highest BCUT2D eigenvalue weighted by molar-refractivity contribution is 5.96. The van der Waals surface area contributed by atoms with Gasteiger partial charge in [0, 0.05) is 30.5 Å². The van der Waals surface area contributed by atoms with Crippen LogP contribution in [0.1, 0.15) is 36.7 Å². The van der Waals surface area contributed by atoms with Gasteiger partial charge in [-0.15, -0.1) is 10.2 Å². The first-order valence-electron chi connectivity index (χ1n) is 13.9. The quantitative estimate of drug-likeness (QED) is 0.300. The lowest BCUT2D eigenvalue weighted by molar-refractivity contribution is -0.117. The monoisotopic (exact) mass is 552 g/mol. The Labute approximate surface area is 235 Å². The molecule has 1 N–H and O–H groups in total. The largest absolute Gasteiger partial charge is 0.436 e. The predicted molar refractivity (Wildman–Crippen MR) is 151 cm³/mol. The number of pyridine rings is 1. The molecule has 41 heavy (non-hydrogen) atoms. The van der Waals surface area contributed by atoms with Gasteiger partial charge in [-0.2, -0.15) is 4.80 Å². The Hall–Kier alpha value is -4.67. The lowest BCUT2D eigenvalue weighted by atomic mass is 9.85. The number of tetrazole rings is 1. The first kappa shape index (κ1) is 25.3. The van der Waals surface area contributed by atoms with Crippen LogP contribution in [-0.2, 0) is 4.79 Å². The number of hydrogen-bond acceptors (Lipinski definition) is 8. The van der Waals surface area contributed by atoms with Crippen LogP contribution in [0.15, 0.2) is 71.3 Å². The predicted octanol–water partition coefficient (Wildman–Crippen LogP) is 4.99. The summed E-state index contributed by atoms with van der Waals surface area (Å²) in [6, 6.07) is 19.5. The molecule has 2 fully saturated rings. The van der Waals surface area contributed by atoms with Crippen LogP contribution in [0, 0.1) is 18.8 Å². The van der Waals surface area contributed by atoms with Crippen LogP contribution in [0.25, 0.3) is 22.6 Å². The van der Waals surface area contributed by atoms with Gasteiger partial charge in [0.25, 0.3) is 0 Å². The number of aromatic nitrogens is 6. The summed E-state index contributed by atoms with van der Waals surface area (Å²) < 4.78 is 19.3. The van der Waals surface area contributed by atoms with Crippen LogP contribution < -0.4 is 10.2 Å². The smallest absolute Gasteiger partial charge is 0.230 e. The summed E-state index contributed by atoms with van der Waals surface area (Å²) in [5.41, 5.74) is 3.80. The molecule has 0 spiro atoms. The lowest BCUT2D eigenvalue weighted by Gasteiger charge is -2.36. The summed E-state index contributed by atoms with van der Waals surface area (Å²) >= 11 is 0. The second-order valence-electron chi connectivity index (χ2n) is 10.8. The minimum Gasteiger partial charge on any atom is -0.436 e. The molecule has 2 aromatic carbocycles. The molecule has 1 unspecified atom stereocenters. The second kappa shape index (κ2) is 10.4. The Kier molecular flexibility index (Phi) is 6.41. The van der Waals surface area contributed by atoms with Crippen molar-refractivity contribution in [1.29, 1.82) is 0 Å². The number of piperidine rings is 1. The molecule has 11 heteroatoms. The molecule has 208 valence electrons. The number of alkyl halides is 1. The highest BCUT2D eigenvalue weighted by Crippen LogP contribution is 2.36. The third-order valence-electron chi connectivity index (χ3n) is 7.93. The zero-order chi connectivity index (χ0) is 27.9. The van der Waals surface area contributed by atoms with Crippen molar-refractivity contribution in [3.05, 3.63) is 78.2 Å². The number of hydrogen-bond donors (Lipinski definition) is 1. The van der Waals surface area contributed by atoms with E-state index in [0.29, 0.717) is 34.4 Å². The van der Waals surface area contributed by atoms with Crippen molar-refractivity contribution in [3.8, 4) is 11.5 Å². The summed E-state index contributed by atoms with van der Waals surface area (Å²) in [6.07, 6.45) is 2.93. The Morgan fingerprint density at radius 3 is 2.63 bits per heavy atom. The molecular formula is C30H29FN8O2. The summed E-state index contributed by atoms with van der Waals surface area (Å²) in [5, 5.41) is 15.8. The van der Waals surface area contributed by atoms with Gasteiger partial charge in [0.05, 0.1) is 5.92 Å². The van der Waals surface area contributed by atoms with E-state index in [2.05, 4.69) is 59.9 Å². The molecule has 7 rings (SSSR count). The molecule has 2 aliphatic rings. The number of aryl methyl sites for hydroxylation is 1. The van der Waals surface area contributed by atoms with E-state index < -0.39 is 12.1 Å². The Bertz CT molecular complexity index is 1700. The number of benzene rings is 2. The molecule has 10 nitrogen and oxygen atoms in total. The van der Waals surface area contributed by atoms with E-state index in [1.807, 2.05) is 25.1 Å². The highest BCUT2D eigenvalue weighted by Gasteiger charge is 2.43. The lowest BCUT2D eigenvalue weighted by Crippen LogP contribution is -2.38. The molecule has 3 aromatic heterocycles. The van der Waals surface area contributed by atoms with Crippen LogP contribution in [0.2, 0.25) is 0 Å². The third kappa shape index (κ3) is 5.15. The zero-order valence-corrected chi connectivity index (χ0v) is 22.5. The molecular weight excluding hydrogens is 523 g/mol. The van der Waals surface area contributed by atoms with Gasteiger partial charge >= 0.3 is 0 Å². The average Bonchev–Trinajstić information content (AvgIpc) is 3.36. The maximum absolute atomic E-state index is 13.2. The molecule has 5 aromatic rings. The number of amides is 1. The van der Waals surface area contributed by atoms with Crippen molar-refractivity contribution in [2.24, 2.45) is 11.8 Å². The molecule has 1 aliphatic heterocycles. The zero-order valence-electron chi connectivity index (χ0n) is 22.5. The first-order chi connectivity index (χ1) is 20.0. The van der Waals surface area contributed by atoms with Gasteiger partial charge in [-0.3, -0.25) is 4.79 Å². The minimum absolute atomic E-state index is 0.0240. The van der Waals surface area contributed by atoms with Gasteiger partial charge in [-0.1, -0.05) is 30.3 Å². The number of carbonyl (C=O) groups excluding carboxylic acids is 1. The van der Waals surface area contributed by atoms with Crippen molar-refractivity contribution < 1.29 is 13.6 Å². The normalized spacial score (nSPS) is 19.8. The van der Waals surface area contributed by atoms with Crippen LogP contribution in [0.3, 0.4) is 0 Å². The molecule has 0 radical (unpaired) electrons. The highest BCUT2D eigenvalue weighted by atomic mass is 19.1. The van der Waals surface area contributed by atoms with Crippen LogP contribution >= 0.6 is 0 Å². The number of carbonyl (C=O) groups is 1. The summed E-state index contributed by atoms with van der Waals surface area (Å²) in [6.45, 7) is 3.54. The van der Waals surface area contributed by atoms with Gasteiger partial charge in [0.15, 0.2) is 11.4 Å². The maximum atomic E-state index is 13.2. The third-order valence-corrected chi connectivity index (χ3v) is 7.93. The number of oxazole rings is 1. The fourth-order valence-electron chi connectivity index (χ4n) is 5.63. The number of fused-ring (bicyclic) bond motifs is 1. The Morgan fingerprint density at radius 2 is 1.90 bits per heavy atom. The molecule has 0 bridgehead atoms.